The highest BCUT2D eigenvalue weighted by Crippen LogP contribution is 2.33. The maximum Gasteiger partial charge on any atom is 0.332 e. The van der Waals surface area contributed by atoms with Crippen molar-refractivity contribution in [1.29, 1.82) is 0 Å². The molecule has 0 amide bonds. The number of rotatable bonds is 24. The fraction of sp³-hybridized carbons (Fsp3) is 0.278. The molecule has 0 bridgehead atoms. The minimum absolute atomic E-state index is 0.106. The van der Waals surface area contributed by atoms with Crippen molar-refractivity contribution in [3.05, 3.63) is 298 Å². The molecule has 0 radical (unpaired) electrons. The first-order valence-corrected chi connectivity index (χ1v) is 29.8. The molecular weight excluding hydrogens is 1090 g/mol. The van der Waals surface area contributed by atoms with Gasteiger partial charge in [0, 0.05) is 76.3 Å². The molecule has 2 aliphatic rings. The normalized spacial score (nSPS) is 17.0. The minimum Gasteiger partial charge on any atom is -0.440 e. The number of nitrogens with zero attached hydrogens (tertiary/aromatic N) is 6. The number of hydrazine groups is 2. The Morgan fingerprint density at radius 1 is 0.384 bits per heavy atom. The van der Waals surface area contributed by atoms with E-state index >= 15 is 0 Å². The van der Waals surface area contributed by atoms with Crippen LogP contribution >= 0.6 is 0 Å². The average molecular weight is 1160 g/mol. The summed E-state index contributed by atoms with van der Waals surface area (Å²) in [5.41, 5.74) is 7.98. The van der Waals surface area contributed by atoms with Crippen LogP contribution in [0.3, 0.4) is 0 Å². The van der Waals surface area contributed by atoms with E-state index in [1.165, 1.54) is 60.7 Å². The largest absolute Gasteiger partial charge is 0.440 e. The van der Waals surface area contributed by atoms with Crippen LogP contribution in [0.4, 0.5) is 17.6 Å². The number of esters is 2. The van der Waals surface area contributed by atoms with Crippen molar-refractivity contribution in [2.45, 2.75) is 76.2 Å². The molecule has 0 saturated carbocycles. The zero-order valence-electron chi connectivity index (χ0n) is 48.4. The van der Waals surface area contributed by atoms with Crippen molar-refractivity contribution >= 4 is 11.9 Å². The van der Waals surface area contributed by atoms with Gasteiger partial charge in [-0.15, -0.1) is 0 Å². The van der Waals surface area contributed by atoms with E-state index in [9.17, 15) is 27.2 Å². The number of benzene rings is 8. The summed E-state index contributed by atoms with van der Waals surface area (Å²) in [5, 5.41) is 8.72. The van der Waals surface area contributed by atoms with Gasteiger partial charge in [0.05, 0.1) is 13.1 Å². The molecule has 0 aliphatic carbocycles. The average Bonchev–Trinajstić information content (AvgIpc) is 3.91. The van der Waals surface area contributed by atoms with Crippen LogP contribution in [0.2, 0.25) is 0 Å². The Labute approximate surface area is 503 Å². The summed E-state index contributed by atoms with van der Waals surface area (Å²) in [4.78, 5) is 33.5. The Bertz CT molecular complexity index is 3050. The van der Waals surface area contributed by atoms with Gasteiger partial charge in [-0.1, -0.05) is 170 Å². The molecule has 0 aromatic heterocycles. The van der Waals surface area contributed by atoms with Crippen molar-refractivity contribution in [2.75, 3.05) is 52.4 Å². The van der Waals surface area contributed by atoms with Crippen LogP contribution < -0.4 is 0 Å². The standard InChI is InChI=1S/C72H74F4N6O4/c73-63-33-25-59(26-34-63)67(60-27-35-64(74)36-28-60)23-13-43-77-45-47-79(49-55-15-5-1-6-16-55)81(51-57-19-9-3-10-20-57)69(53-77)85-71(83)41-42-72(84)86-70-54-78(44-14-24-68(61-29-37-65(75)38-30-61)62-31-39-66(76)40-32-62)46-48-80(50-56-17-7-2-8-18-56)82(70)52-58-21-11-4-12-22-58/h1-12,15-22,25-42,67-70H,13-14,23-24,43-54H2/b42-41+. The van der Waals surface area contributed by atoms with Crippen molar-refractivity contribution < 1.29 is 36.6 Å². The summed E-state index contributed by atoms with van der Waals surface area (Å²) in [6, 6.07) is 66.5. The lowest BCUT2D eigenvalue weighted by Gasteiger charge is -2.38. The third-order valence-electron chi connectivity index (χ3n) is 16.2. The lowest BCUT2D eigenvalue weighted by molar-refractivity contribution is -0.184. The second-order valence-electron chi connectivity index (χ2n) is 22.2. The summed E-state index contributed by atoms with van der Waals surface area (Å²) in [7, 11) is 0. The second-order valence-corrected chi connectivity index (χ2v) is 22.2. The van der Waals surface area contributed by atoms with Gasteiger partial charge in [-0.3, -0.25) is 9.80 Å². The van der Waals surface area contributed by atoms with Gasteiger partial charge in [0.15, 0.2) is 12.5 Å². The van der Waals surface area contributed by atoms with Crippen molar-refractivity contribution in [1.82, 2.24) is 29.8 Å². The number of halogens is 4. The van der Waals surface area contributed by atoms with E-state index in [1.807, 2.05) is 72.8 Å². The quantitative estimate of drug-likeness (QED) is 0.0332. The van der Waals surface area contributed by atoms with Gasteiger partial charge in [0.1, 0.15) is 23.3 Å². The minimum atomic E-state index is -0.784. The maximum absolute atomic E-state index is 14.4. The number of carbonyl (C=O) groups excluding carboxylic acids is 2. The molecule has 8 aromatic carbocycles. The Morgan fingerprint density at radius 2 is 0.663 bits per heavy atom. The van der Waals surface area contributed by atoms with Gasteiger partial charge < -0.3 is 9.47 Å². The van der Waals surface area contributed by atoms with Gasteiger partial charge >= 0.3 is 11.9 Å². The second kappa shape index (κ2) is 30.8. The summed E-state index contributed by atoms with van der Waals surface area (Å²) in [5.74, 6) is -2.92. The van der Waals surface area contributed by atoms with Gasteiger partial charge in [-0.05, 0) is 132 Å². The first-order chi connectivity index (χ1) is 42.0. The van der Waals surface area contributed by atoms with Gasteiger partial charge in [0.2, 0.25) is 0 Å². The van der Waals surface area contributed by atoms with Crippen molar-refractivity contribution in [3.8, 4) is 0 Å². The summed E-state index contributed by atoms with van der Waals surface area (Å²) < 4.78 is 69.7. The topological polar surface area (TPSA) is 72.0 Å². The van der Waals surface area contributed by atoms with Gasteiger partial charge in [0.25, 0.3) is 0 Å². The number of hydrogen-bond acceptors (Lipinski definition) is 10. The Kier molecular flexibility index (Phi) is 21.9. The van der Waals surface area contributed by atoms with Crippen LogP contribution in [0.25, 0.3) is 0 Å². The van der Waals surface area contributed by atoms with E-state index in [-0.39, 0.29) is 35.1 Å². The molecule has 2 fully saturated rings. The monoisotopic (exact) mass is 1160 g/mol. The third-order valence-corrected chi connectivity index (χ3v) is 16.2. The smallest absolute Gasteiger partial charge is 0.332 e. The molecule has 0 spiro atoms. The number of carbonyl (C=O) groups is 2. The number of hydrogen-bond donors (Lipinski definition) is 0. The highest BCUT2D eigenvalue weighted by molar-refractivity contribution is 5.91. The van der Waals surface area contributed by atoms with E-state index in [1.54, 1.807) is 48.5 Å². The zero-order valence-corrected chi connectivity index (χ0v) is 48.4. The van der Waals surface area contributed by atoms with Crippen LogP contribution in [0.1, 0.15) is 82.0 Å². The SMILES string of the molecule is O=C(/C=C/C(=O)OC1CN(CCCC(c2ccc(F)cc2)c2ccc(F)cc2)CCN(Cc2ccccc2)N1Cc1ccccc1)OC1CN(CCCC(c2ccc(F)cc2)c2ccc(F)cc2)CCN(Cc2ccccc2)N1Cc1ccccc1. The molecule has 8 aromatic rings. The van der Waals surface area contributed by atoms with Crippen LogP contribution in [0, 0.1) is 23.3 Å². The fourth-order valence-electron chi connectivity index (χ4n) is 11.8. The Hall–Kier alpha value is -8.08. The van der Waals surface area contributed by atoms with E-state index in [2.05, 4.69) is 78.4 Å². The van der Waals surface area contributed by atoms with Crippen molar-refractivity contribution in [3.63, 3.8) is 0 Å². The van der Waals surface area contributed by atoms with E-state index < -0.39 is 24.4 Å². The molecule has 10 nitrogen and oxygen atoms in total. The zero-order chi connectivity index (χ0) is 59.5. The molecule has 86 heavy (non-hydrogen) atoms. The molecule has 444 valence electrons. The number of ether oxygens (including phenoxy) is 2. The molecule has 2 saturated heterocycles. The fourth-order valence-corrected chi connectivity index (χ4v) is 11.8. The lowest BCUT2D eigenvalue weighted by Crippen LogP contribution is -2.50. The Balaban J connectivity index is 0.889. The molecule has 2 heterocycles. The lowest BCUT2D eigenvalue weighted by atomic mass is 9.87. The summed E-state index contributed by atoms with van der Waals surface area (Å²) in [6.45, 7) is 6.57. The van der Waals surface area contributed by atoms with E-state index in [0.29, 0.717) is 91.4 Å². The molecule has 2 unspecified atom stereocenters. The molecule has 2 atom stereocenters. The summed E-state index contributed by atoms with van der Waals surface area (Å²) >= 11 is 0. The molecule has 0 N–H and O–H groups in total. The predicted octanol–water partition coefficient (Wildman–Crippen LogP) is 13.5. The maximum atomic E-state index is 14.4. The third kappa shape index (κ3) is 17.8. The van der Waals surface area contributed by atoms with Gasteiger partial charge in [-0.25, -0.2) is 37.2 Å². The first-order valence-electron chi connectivity index (χ1n) is 29.8. The van der Waals surface area contributed by atoms with Crippen LogP contribution in [0.5, 0.6) is 0 Å². The highest BCUT2D eigenvalue weighted by atomic mass is 19.1. The molecule has 10 rings (SSSR count). The highest BCUT2D eigenvalue weighted by Gasteiger charge is 2.35. The summed E-state index contributed by atoms with van der Waals surface area (Å²) in [6.07, 6.45) is 3.63. The van der Waals surface area contributed by atoms with E-state index in [4.69, 9.17) is 9.47 Å². The molecule has 2 aliphatic heterocycles. The molecule has 14 heteroatoms. The van der Waals surface area contributed by atoms with Crippen LogP contribution in [0.15, 0.2) is 231 Å². The first kappa shape index (κ1) is 61.0. The predicted molar refractivity (Wildman–Crippen MR) is 327 cm³/mol. The van der Waals surface area contributed by atoms with Gasteiger partial charge in [-0.2, -0.15) is 10.0 Å². The Morgan fingerprint density at radius 3 is 0.953 bits per heavy atom. The van der Waals surface area contributed by atoms with Crippen LogP contribution in [-0.2, 0) is 45.2 Å². The van der Waals surface area contributed by atoms with E-state index in [0.717, 1.165) is 57.3 Å². The molecular formula is C72H74F4N6O4. The van der Waals surface area contributed by atoms with Crippen LogP contribution in [-0.4, -0.2) is 107 Å². The van der Waals surface area contributed by atoms with Crippen molar-refractivity contribution in [2.24, 2.45) is 0 Å².